The molecule has 25 heavy (non-hydrogen) atoms. The molecule has 124 valence electrons. The molecule has 1 heterocycles. The predicted octanol–water partition coefficient (Wildman–Crippen LogP) is 4.22. The van der Waals surface area contributed by atoms with Crippen LogP contribution >= 0.6 is 0 Å². The molecule has 3 aromatic rings. The van der Waals surface area contributed by atoms with Crippen LogP contribution in [0.5, 0.6) is 0 Å². The number of halogens is 1. The first-order chi connectivity index (χ1) is 12.1. The van der Waals surface area contributed by atoms with Gasteiger partial charge in [0.25, 0.3) is 0 Å². The van der Waals surface area contributed by atoms with Crippen molar-refractivity contribution >= 4 is 22.6 Å². The predicted molar refractivity (Wildman–Crippen MR) is 93.2 cm³/mol. The van der Waals surface area contributed by atoms with E-state index in [-0.39, 0.29) is 11.7 Å². The topological polar surface area (TPSA) is 41.9 Å². The lowest BCUT2D eigenvalue weighted by Crippen LogP contribution is -2.25. The smallest absolute Gasteiger partial charge is 0.243 e. The zero-order chi connectivity index (χ0) is 17.4. The maximum atomic E-state index is 13.1. The van der Waals surface area contributed by atoms with Gasteiger partial charge in [-0.2, -0.15) is 5.01 Å². The minimum atomic E-state index is -0.637. The summed E-state index contributed by atoms with van der Waals surface area (Å²) in [6, 6.07) is 19.7. The van der Waals surface area contributed by atoms with Crippen LogP contribution in [0.25, 0.3) is 10.8 Å². The van der Waals surface area contributed by atoms with E-state index in [4.69, 9.17) is 4.74 Å². The van der Waals surface area contributed by atoms with Crippen molar-refractivity contribution in [1.82, 2.24) is 5.01 Å². The Kier molecular flexibility index (Phi) is 3.69. The molecule has 0 radical (unpaired) electrons. The fraction of sp³-hybridized carbons (Fsp3) is 0.100. The summed E-state index contributed by atoms with van der Waals surface area (Å²) in [5, 5.41) is 7.76. The summed E-state index contributed by atoms with van der Waals surface area (Å²) in [6.07, 6.45) is -0.637. The molecule has 0 N–H and O–H groups in total. The van der Waals surface area contributed by atoms with Crippen molar-refractivity contribution in [3.8, 4) is 0 Å². The maximum Gasteiger partial charge on any atom is 0.243 e. The van der Waals surface area contributed by atoms with E-state index in [0.717, 1.165) is 16.3 Å². The summed E-state index contributed by atoms with van der Waals surface area (Å²) in [6.45, 7) is 1.44. The van der Waals surface area contributed by atoms with Gasteiger partial charge in [-0.1, -0.05) is 36.4 Å². The highest BCUT2D eigenvalue weighted by Gasteiger charge is 2.33. The highest BCUT2D eigenvalue weighted by Crippen LogP contribution is 2.32. The van der Waals surface area contributed by atoms with Gasteiger partial charge < -0.3 is 4.74 Å². The molecule has 5 heteroatoms. The molecule has 1 aliphatic heterocycles. The number of amides is 1. The summed E-state index contributed by atoms with van der Waals surface area (Å²) >= 11 is 0. The number of hydrogen-bond acceptors (Lipinski definition) is 3. The zero-order valence-corrected chi connectivity index (χ0v) is 13.5. The first kappa shape index (κ1) is 15.3. The fourth-order valence-electron chi connectivity index (χ4n) is 2.85. The molecule has 4 rings (SSSR count). The molecule has 0 unspecified atom stereocenters. The molecule has 0 spiro atoms. The molecule has 0 aromatic heterocycles. The summed E-state index contributed by atoms with van der Waals surface area (Å²) in [5.41, 5.74) is 1.45. The van der Waals surface area contributed by atoms with E-state index in [0.29, 0.717) is 11.5 Å². The third-order valence-electron chi connectivity index (χ3n) is 4.12. The maximum absolute atomic E-state index is 13.1. The van der Waals surface area contributed by atoms with Gasteiger partial charge in [0.1, 0.15) is 5.82 Å². The van der Waals surface area contributed by atoms with Gasteiger partial charge in [0.05, 0.1) is 0 Å². The van der Waals surface area contributed by atoms with Gasteiger partial charge >= 0.3 is 0 Å². The van der Waals surface area contributed by atoms with Crippen LogP contribution < -0.4 is 0 Å². The fourth-order valence-corrected chi connectivity index (χ4v) is 2.85. The SMILES string of the molecule is CC(=O)N1N=C(c2ccc(F)cc2)O[C@@H]1c1ccc2ccccc2c1. The van der Waals surface area contributed by atoms with Crippen molar-refractivity contribution in [3.05, 3.63) is 83.7 Å². The zero-order valence-electron chi connectivity index (χ0n) is 13.5. The summed E-state index contributed by atoms with van der Waals surface area (Å²) in [7, 11) is 0. The van der Waals surface area contributed by atoms with Crippen LogP contribution in [0.3, 0.4) is 0 Å². The minimum Gasteiger partial charge on any atom is -0.446 e. The van der Waals surface area contributed by atoms with Crippen LogP contribution in [-0.2, 0) is 9.53 Å². The van der Waals surface area contributed by atoms with Crippen LogP contribution in [-0.4, -0.2) is 16.8 Å². The van der Waals surface area contributed by atoms with Crippen molar-refractivity contribution in [2.75, 3.05) is 0 Å². The molecule has 4 nitrogen and oxygen atoms in total. The Hall–Kier alpha value is -3.21. The molecule has 1 aliphatic rings. The lowest BCUT2D eigenvalue weighted by molar-refractivity contribution is -0.135. The molecular formula is C20H15FN2O2. The first-order valence-electron chi connectivity index (χ1n) is 7.91. The van der Waals surface area contributed by atoms with E-state index in [1.54, 1.807) is 12.1 Å². The molecule has 0 saturated heterocycles. The molecular weight excluding hydrogens is 319 g/mol. The third-order valence-corrected chi connectivity index (χ3v) is 4.12. The summed E-state index contributed by atoms with van der Waals surface area (Å²) in [4.78, 5) is 12.0. The third kappa shape index (κ3) is 2.85. The van der Waals surface area contributed by atoms with Crippen molar-refractivity contribution in [3.63, 3.8) is 0 Å². The Morgan fingerprint density at radius 3 is 2.48 bits per heavy atom. The largest absolute Gasteiger partial charge is 0.446 e. The van der Waals surface area contributed by atoms with Crippen molar-refractivity contribution in [1.29, 1.82) is 0 Å². The van der Waals surface area contributed by atoms with Crippen LogP contribution in [0, 0.1) is 5.82 Å². The second-order valence-corrected chi connectivity index (χ2v) is 5.85. The van der Waals surface area contributed by atoms with Crippen LogP contribution in [0.1, 0.15) is 24.3 Å². The number of fused-ring (bicyclic) bond motifs is 1. The summed E-state index contributed by atoms with van der Waals surface area (Å²) in [5.74, 6) is -0.263. The number of nitrogens with zero attached hydrogens (tertiary/aromatic N) is 2. The number of hydrazone groups is 1. The minimum absolute atomic E-state index is 0.227. The number of rotatable bonds is 2. The molecule has 0 aliphatic carbocycles. The molecule has 0 bridgehead atoms. The van der Waals surface area contributed by atoms with E-state index in [1.165, 1.54) is 24.1 Å². The van der Waals surface area contributed by atoms with E-state index < -0.39 is 6.23 Å². The average molecular weight is 334 g/mol. The Morgan fingerprint density at radius 1 is 1.04 bits per heavy atom. The number of carbonyl (C=O) groups is 1. The Balaban J connectivity index is 1.71. The van der Waals surface area contributed by atoms with E-state index >= 15 is 0 Å². The van der Waals surface area contributed by atoms with Crippen LogP contribution in [0.2, 0.25) is 0 Å². The monoisotopic (exact) mass is 334 g/mol. The second kappa shape index (κ2) is 6.02. The van der Waals surface area contributed by atoms with Crippen molar-refractivity contribution in [2.24, 2.45) is 5.10 Å². The average Bonchev–Trinajstić information content (AvgIpc) is 3.07. The Morgan fingerprint density at radius 2 is 1.76 bits per heavy atom. The van der Waals surface area contributed by atoms with Crippen LogP contribution in [0.15, 0.2) is 71.8 Å². The van der Waals surface area contributed by atoms with Gasteiger partial charge in [0.2, 0.25) is 18.0 Å². The van der Waals surface area contributed by atoms with Gasteiger partial charge in [0.15, 0.2) is 0 Å². The van der Waals surface area contributed by atoms with Gasteiger partial charge in [0, 0.05) is 18.1 Å². The van der Waals surface area contributed by atoms with Gasteiger partial charge in [-0.3, -0.25) is 4.79 Å². The number of benzene rings is 3. The van der Waals surface area contributed by atoms with Crippen LogP contribution in [0.4, 0.5) is 4.39 Å². The normalized spacial score (nSPS) is 16.6. The van der Waals surface area contributed by atoms with E-state index in [2.05, 4.69) is 5.10 Å². The lowest BCUT2D eigenvalue weighted by Gasteiger charge is -2.19. The molecule has 1 amide bonds. The number of carbonyl (C=O) groups excluding carboxylic acids is 1. The molecule has 3 aromatic carbocycles. The van der Waals surface area contributed by atoms with Crippen molar-refractivity contribution < 1.29 is 13.9 Å². The Bertz CT molecular complexity index is 982. The standard InChI is InChI=1S/C20H15FN2O2/c1-13(24)23-20(17-7-6-14-4-2-3-5-16(14)12-17)25-19(22-23)15-8-10-18(21)11-9-15/h2-12,20H,1H3/t20-/m1/s1. The van der Waals surface area contributed by atoms with E-state index in [1.807, 2.05) is 42.5 Å². The van der Waals surface area contributed by atoms with Crippen molar-refractivity contribution in [2.45, 2.75) is 13.2 Å². The van der Waals surface area contributed by atoms with E-state index in [9.17, 15) is 9.18 Å². The highest BCUT2D eigenvalue weighted by atomic mass is 19.1. The van der Waals surface area contributed by atoms with Gasteiger partial charge in [-0.05, 0) is 41.1 Å². The summed E-state index contributed by atoms with van der Waals surface area (Å²) < 4.78 is 19.1. The first-order valence-corrected chi connectivity index (χ1v) is 7.91. The number of ether oxygens (including phenoxy) is 1. The van der Waals surface area contributed by atoms with Gasteiger partial charge in [-0.15, -0.1) is 5.10 Å². The molecule has 0 fully saturated rings. The highest BCUT2D eigenvalue weighted by molar-refractivity contribution is 5.96. The molecule has 0 saturated carbocycles. The Labute approximate surface area is 144 Å². The van der Waals surface area contributed by atoms with Gasteiger partial charge in [-0.25, -0.2) is 4.39 Å². The second-order valence-electron chi connectivity index (χ2n) is 5.85. The lowest BCUT2D eigenvalue weighted by atomic mass is 10.1. The number of hydrogen-bond donors (Lipinski definition) is 0. The quantitative estimate of drug-likeness (QED) is 0.704. The molecule has 1 atom stereocenters.